The average Bonchev–Trinajstić information content (AvgIpc) is 1.77. The summed E-state index contributed by atoms with van der Waals surface area (Å²) in [5.41, 5.74) is 12.2. The summed E-state index contributed by atoms with van der Waals surface area (Å²) in [4.78, 5) is 0. The number of anilines is 2. The second-order valence-electron chi connectivity index (χ2n) is 1.67. The van der Waals surface area contributed by atoms with Crippen molar-refractivity contribution in [1.82, 2.24) is 0 Å². The van der Waals surface area contributed by atoms with E-state index in [-0.39, 0.29) is 31.0 Å². The molecule has 0 aliphatic rings. The molecule has 0 heterocycles. The van der Waals surface area contributed by atoms with Gasteiger partial charge in [-0.25, -0.2) is 0 Å². The molecule has 0 saturated carbocycles. The van der Waals surface area contributed by atoms with Crippen molar-refractivity contribution in [2.45, 2.75) is 0 Å². The van der Waals surface area contributed by atoms with Crippen LogP contribution in [0, 0.1) is 0 Å². The van der Waals surface area contributed by atoms with Crippen molar-refractivity contribution < 1.29 is 31.0 Å². The summed E-state index contributed by atoms with van der Waals surface area (Å²) in [6, 6.07) is 7.09. The van der Waals surface area contributed by atoms with Crippen molar-refractivity contribution in [3.63, 3.8) is 0 Å². The van der Waals surface area contributed by atoms with Gasteiger partial charge in [-0.15, -0.1) is 0 Å². The minimum atomic E-state index is 0. The molecule has 4 N–H and O–H groups in total. The van der Waals surface area contributed by atoms with E-state index in [1.807, 2.05) is 0 Å². The number of nitrogens with two attached hydrogens (primary N) is 2. The molecule has 0 aliphatic heterocycles. The molecule has 3 heteroatoms. The molecule has 1 aromatic rings. The third-order valence-corrected chi connectivity index (χ3v) is 0.936. The Morgan fingerprint density at radius 3 is 1.33 bits per heavy atom. The van der Waals surface area contributed by atoms with Gasteiger partial charge >= 0.3 is 29.6 Å². The van der Waals surface area contributed by atoms with E-state index in [1.54, 1.807) is 24.3 Å². The van der Waals surface area contributed by atoms with Gasteiger partial charge in [0, 0.05) is 11.4 Å². The van der Waals surface area contributed by atoms with E-state index in [1.165, 1.54) is 0 Å². The van der Waals surface area contributed by atoms with Gasteiger partial charge in [-0.1, -0.05) is 0 Å². The number of nitrogen functional groups attached to an aromatic ring is 2. The molecular weight excluding hydrogens is 123 g/mol. The van der Waals surface area contributed by atoms with Gasteiger partial charge in [0.2, 0.25) is 0 Å². The van der Waals surface area contributed by atoms with Gasteiger partial charge < -0.3 is 12.9 Å². The molecule has 0 bridgehead atoms. The Hall–Kier alpha value is -0.180. The minimum absolute atomic E-state index is 0. The van der Waals surface area contributed by atoms with Crippen LogP contribution in [0.25, 0.3) is 0 Å². The standard InChI is InChI=1S/C6H8N2.Na.H/c7-5-1-2-6(8)4-3-5;;/h1-4H,7-8H2;;/q;+1;-1. The molecule has 0 fully saturated rings. The van der Waals surface area contributed by atoms with E-state index in [2.05, 4.69) is 0 Å². The summed E-state index contributed by atoms with van der Waals surface area (Å²) in [5, 5.41) is 0. The van der Waals surface area contributed by atoms with Crippen LogP contribution in [-0.4, -0.2) is 0 Å². The summed E-state index contributed by atoms with van der Waals surface area (Å²) < 4.78 is 0. The molecule has 0 atom stereocenters. The first-order valence-electron chi connectivity index (χ1n) is 2.40. The first kappa shape index (κ1) is 8.82. The molecule has 0 aliphatic carbocycles. The maximum Gasteiger partial charge on any atom is 1.00 e. The SMILES string of the molecule is Nc1ccc(N)cc1.[H-].[Na+]. The molecule has 1 aromatic carbocycles. The number of hydrogen-bond acceptors (Lipinski definition) is 2. The molecule has 0 amide bonds. The Morgan fingerprint density at radius 1 is 0.889 bits per heavy atom. The Morgan fingerprint density at radius 2 is 1.11 bits per heavy atom. The van der Waals surface area contributed by atoms with Crippen LogP contribution in [0.5, 0.6) is 0 Å². The van der Waals surface area contributed by atoms with Gasteiger partial charge in [0.05, 0.1) is 0 Å². The summed E-state index contributed by atoms with van der Waals surface area (Å²) in [6.07, 6.45) is 0. The minimum Gasteiger partial charge on any atom is -1.00 e. The van der Waals surface area contributed by atoms with Crippen molar-refractivity contribution in [2.24, 2.45) is 0 Å². The summed E-state index contributed by atoms with van der Waals surface area (Å²) >= 11 is 0. The summed E-state index contributed by atoms with van der Waals surface area (Å²) in [6.45, 7) is 0. The fourth-order valence-corrected chi connectivity index (χ4v) is 0.496. The molecular formula is C6H9N2Na. The van der Waals surface area contributed by atoms with Crippen LogP contribution in [0.1, 0.15) is 1.43 Å². The zero-order valence-electron chi connectivity index (χ0n) is 6.46. The van der Waals surface area contributed by atoms with Crippen molar-refractivity contribution in [3.05, 3.63) is 24.3 Å². The van der Waals surface area contributed by atoms with Crippen LogP contribution >= 0.6 is 0 Å². The average molecular weight is 132 g/mol. The Kier molecular flexibility index (Phi) is 3.70. The van der Waals surface area contributed by atoms with E-state index < -0.39 is 0 Å². The summed E-state index contributed by atoms with van der Waals surface area (Å²) in [5.74, 6) is 0. The smallest absolute Gasteiger partial charge is 1.00 e. The fraction of sp³-hybridized carbons (Fsp3) is 0. The number of hydrogen-bond donors (Lipinski definition) is 2. The molecule has 9 heavy (non-hydrogen) atoms. The fourth-order valence-electron chi connectivity index (χ4n) is 0.496. The molecule has 0 radical (unpaired) electrons. The van der Waals surface area contributed by atoms with E-state index in [0.717, 1.165) is 11.4 Å². The van der Waals surface area contributed by atoms with Gasteiger partial charge in [0.25, 0.3) is 0 Å². The monoisotopic (exact) mass is 132 g/mol. The van der Waals surface area contributed by atoms with Crippen molar-refractivity contribution in [3.8, 4) is 0 Å². The Balaban J connectivity index is 0. The van der Waals surface area contributed by atoms with Crippen molar-refractivity contribution >= 4 is 11.4 Å². The first-order chi connectivity index (χ1) is 3.79. The number of rotatable bonds is 0. The van der Waals surface area contributed by atoms with Gasteiger partial charge in [-0.05, 0) is 24.3 Å². The second-order valence-corrected chi connectivity index (χ2v) is 1.67. The zero-order chi connectivity index (χ0) is 5.98. The predicted octanol–water partition coefficient (Wildman–Crippen LogP) is -2.03. The first-order valence-corrected chi connectivity index (χ1v) is 2.40. The Bertz CT molecular complexity index is 155. The third kappa shape index (κ3) is 2.75. The molecule has 0 saturated heterocycles. The van der Waals surface area contributed by atoms with Gasteiger partial charge in [-0.3, -0.25) is 0 Å². The van der Waals surface area contributed by atoms with E-state index in [9.17, 15) is 0 Å². The number of benzene rings is 1. The quantitative estimate of drug-likeness (QED) is 0.316. The normalized spacial score (nSPS) is 8.00. The van der Waals surface area contributed by atoms with Crippen LogP contribution in [-0.2, 0) is 0 Å². The van der Waals surface area contributed by atoms with Gasteiger partial charge in [-0.2, -0.15) is 0 Å². The van der Waals surface area contributed by atoms with Crippen LogP contribution in [0.3, 0.4) is 0 Å². The van der Waals surface area contributed by atoms with Crippen LogP contribution in [0.2, 0.25) is 0 Å². The molecule has 1 rings (SSSR count). The summed E-state index contributed by atoms with van der Waals surface area (Å²) in [7, 11) is 0. The Labute approximate surface area is 78.0 Å². The molecule has 2 nitrogen and oxygen atoms in total. The van der Waals surface area contributed by atoms with Crippen LogP contribution in [0.4, 0.5) is 11.4 Å². The van der Waals surface area contributed by atoms with E-state index >= 15 is 0 Å². The molecule has 0 aromatic heterocycles. The maximum atomic E-state index is 5.37. The van der Waals surface area contributed by atoms with Crippen molar-refractivity contribution in [1.29, 1.82) is 0 Å². The predicted molar refractivity (Wildman–Crippen MR) is 36.4 cm³/mol. The van der Waals surface area contributed by atoms with E-state index in [4.69, 9.17) is 11.5 Å². The molecule has 0 unspecified atom stereocenters. The van der Waals surface area contributed by atoms with Crippen LogP contribution < -0.4 is 41.0 Å². The molecule has 0 spiro atoms. The second kappa shape index (κ2) is 3.77. The largest absolute Gasteiger partial charge is 1.00 e. The zero-order valence-corrected chi connectivity index (χ0v) is 7.46. The topological polar surface area (TPSA) is 52.0 Å². The maximum absolute atomic E-state index is 5.37. The van der Waals surface area contributed by atoms with Crippen LogP contribution in [0.15, 0.2) is 24.3 Å². The molecule has 44 valence electrons. The van der Waals surface area contributed by atoms with Gasteiger partial charge in [0.1, 0.15) is 0 Å². The van der Waals surface area contributed by atoms with Gasteiger partial charge in [0.15, 0.2) is 0 Å². The van der Waals surface area contributed by atoms with Crippen molar-refractivity contribution in [2.75, 3.05) is 11.5 Å². The van der Waals surface area contributed by atoms with E-state index in [0.29, 0.717) is 0 Å². The third-order valence-electron chi connectivity index (χ3n) is 0.936.